The Labute approximate surface area is 159 Å². The normalized spacial score (nSPS) is 12.9. The fraction of sp³-hybridized carbons (Fsp3) is 0.619. The fourth-order valence-electron chi connectivity index (χ4n) is 2.23. The van der Waals surface area contributed by atoms with Gasteiger partial charge < -0.3 is 4.43 Å². The maximum absolute atomic E-state index is 6.22. The molecule has 3 heteroatoms. The van der Waals surface area contributed by atoms with Crippen LogP contribution in [0.1, 0.15) is 64.9 Å². The third-order valence-corrected chi connectivity index (χ3v) is 10.0. The second-order valence-corrected chi connectivity index (χ2v) is 13.8. The minimum absolute atomic E-state index is 0.328. The summed E-state index contributed by atoms with van der Waals surface area (Å²) in [6.07, 6.45) is 12.1. The van der Waals surface area contributed by atoms with E-state index in [1.165, 1.54) is 44.1 Å². The van der Waals surface area contributed by atoms with Crippen molar-refractivity contribution in [3.63, 3.8) is 0 Å². The molecule has 0 saturated carbocycles. The zero-order valence-corrected chi connectivity index (χ0v) is 18.8. The highest BCUT2D eigenvalue weighted by atomic mass is 79.9. The van der Waals surface area contributed by atoms with Gasteiger partial charge in [-0.15, -0.1) is 0 Å². The highest BCUT2D eigenvalue weighted by Crippen LogP contribution is 2.36. The van der Waals surface area contributed by atoms with Crippen molar-refractivity contribution in [3.05, 3.63) is 40.4 Å². The Morgan fingerprint density at radius 1 is 0.958 bits per heavy atom. The molecule has 0 aliphatic heterocycles. The monoisotopic (exact) mass is 410 g/mol. The Morgan fingerprint density at radius 3 is 2.17 bits per heavy atom. The van der Waals surface area contributed by atoms with E-state index in [1.807, 2.05) is 0 Å². The van der Waals surface area contributed by atoms with Crippen LogP contribution in [0.4, 0.5) is 0 Å². The fourth-order valence-corrected chi connectivity index (χ4v) is 3.58. The molecular weight excluding hydrogens is 376 g/mol. The molecule has 1 aromatic carbocycles. The lowest BCUT2D eigenvalue weighted by Gasteiger charge is -2.36. The maximum atomic E-state index is 6.22. The van der Waals surface area contributed by atoms with Crippen LogP contribution in [0.25, 0.3) is 6.08 Å². The quantitative estimate of drug-likeness (QED) is 0.282. The molecule has 0 heterocycles. The summed E-state index contributed by atoms with van der Waals surface area (Å²) in [5, 5.41) is 0.328. The first-order valence-electron chi connectivity index (χ1n) is 9.28. The third kappa shape index (κ3) is 8.64. The summed E-state index contributed by atoms with van der Waals surface area (Å²) in [7, 11) is -1.54. The highest BCUT2D eigenvalue weighted by Gasteiger charge is 2.36. The van der Waals surface area contributed by atoms with Gasteiger partial charge in [0, 0.05) is 11.1 Å². The van der Waals surface area contributed by atoms with Crippen LogP contribution in [0.3, 0.4) is 0 Å². The number of hydrogen-bond acceptors (Lipinski definition) is 1. The van der Waals surface area contributed by atoms with Crippen LogP contribution in [-0.2, 0) is 4.43 Å². The zero-order valence-electron chi connectivity index (χ0n) is 16.2. The smallest absolute Gasteiger partial charge is 0.191 e. The summed E-state index contributed by atoms with van der Waals surface area (Å²) in [5.41, 5.74) is 1.28. The largest absolute Gasteiger partial charge is 0.417 e. The van der Waals surface area contributed by atoms with Crippen LogP contribution < -0.4 is 0 Å². The minimum atomic E-state index is -1.54. The van der Waals surface area contributed by atoms with Gasteiger partial charge in [-0.2, -0.15) is 0 Å². The van der Waals surface area contributed by atoms with Gasteiger partial charge in [-0.3, -0.25) is 0 Å². The number of halogens is 1. The van der Waals surface area contributed by atoms with E-state index in [9.17, 15) is 0 Å². The highest BCUT2D eigenvalue weighted by molar-refractivity contribution is 9.10. The Morgan fingerprint density at radius 2 is 1.54 bits per heavy atom. The van der Waals surface area contributed by atoms with Gasteiger partial charge in [0.2, 0.25) is 0 Å². The van der Waals surface area contributed by atoms with Crippen molar-refractivity contribution in [1.82, 2.24) is 0 Å². The molecule has 0 radical (unpaired) electrons. The summed E-state index contributed by atoms with van der Waals surface area (Å²) < 4.78 is 7.36. The van der Waals surface area contributed by atoms with Gasteiger partial charge in [0.05, 0.1) is 0 Å². The van der Waals surface area contributed by atoms with Crippen molar-refractivity contribution in [2.45, 2.75) is 77.4 Å². The Balaban J connectivity index is 2.02. The molecule has 0 spiro atoms. The molecule has 0 unspecified atom stereocenters. The maximum Gasteiger partial charge on any atom is 0.191 e. The number of hydrogen-bond donors (Lipinski definition) is 0. The second-order valence-electron chi connectivity index (χ2n) is 8.12. The van der Waals surface area contributed by atoms with Crippen LogP contribution in [0, 0.1) is 0 Å². The summed E-state index contributed by atoms with van der Waals surface area (Å²) in [5.74, 6) is 0. The van der Waals surface area contributed by atoms with Gasteiger partial charge in [0.1, 0.15) is 0 Å². The summed E-state index contributed by atoms with van der Waals surface area (Å²) in [6, 6.07) is 8.46. The predicted molar refractivity (Wildman–Crippen MR) is 114 cm³/mol. The molecule has 1 aromatic rings. The van der Waals surface area contributed by atoms with Crippen molar-refractivity contribution >= 4 is 30.3 Å². The van der Waals surface area contributed by atoms with Crippen LogP contribution in [0.5, 0.6) is 0 Å². The first-order chi connectivity index (χ1) is 11.2. The predicted octanol–water partition coefficient (Wildman–Crippen LogP) is 7.82. The van der Waals surface area contributed by atoms with Crippen molar-refractivity contribution in [2.75, 3.05) is 6.61 Å². The number of allylic oxidation sites excluding steroid dienone is 1. The number of rotatable bonds is 10. The van der Waals surface area contributed by atoms with E-state index in [1.54, 1.807) is 0 Å². The molecule has 0 amide bonds. The SMILES string of the molecule is CC(C)(C)[Si](C)(C)OCCCCCCC/C=C\c1ccc(Br)cc1. The minimum Gasteiger partial charge on any atom is -0.417 e. The molecule has 1 nitrogen and oxygen atoms in total. The van der Waals surface area contributed by atoms with E-state index < -0.39 is 8.32 Å². The van der Waals surface area contributed by atoms with Gasteiger partial charge in [-0.1, -0.05) is 80.2 Å². The standard InChI is InChI=1S/C21H35BrOSi/c1-21(2,3)24(4,5)23-18-12-10-8-6-7-9-11-13-19-14-16-20(22)17-15-19/h11,13-17H,6-10,12,18H2,1-5H3/b13-11-. The first-order valence-corrected chi connectivity index (χ1v) is 13.0. The van der Waals surface area contributed by atoms with Crippen LogP contribution in [0.2, 0.25) is 18.1 Å². The van der Waals surface area contributed by atoms with E-state index in [0.717, 1.165) is 11.1 Å². The molecule has 0 saturated heterocycles. The van der Waals surface area contributed by atoms with E-state index >= 15 is 0 Å². The molecule has 0 aromatic heterocycles. The van der Waals surface area contributed by atoms with Crippen LogP contribution >= 0.6 is 15.9 Å². The van der Waals surface area contributed by atoms with Crippen LogP contribution in [-0.4, -0.2) is 14.9 Å². The topological polar surface area (TPSA) is 9.23 Å². The third-order valence-electron chi connectivity index (χ3n) is 4.96. The number of benzene rings is 1. The Hall–Kier alpha value is -0.383. The Bertz CT molecular complexity index is 486. The van der Waals surface area contributed by atoms with Gasteiger partial charge in [0.15, 0.2) is 8.32 Å². The lowest BCUT2D eigenvalue weighted by Crippen LogP contribution is -2.40. The molecule has 0 aliphatic carbocycles. The van der Waals surface area contributed by atoms with Gasteiger partial charge in [-0.25, -0.2) is 0 Å². The van der Waals surface area contributed by atoms with Crippen LogP contribution in [0.15, 0.2) is 34.8 Å². The molecule has 24 heavy (non-hydrogen) atoms. The first kappa shape index (κ1) is 21.7. The molecule has 1 rings (SSSR count). The molecule has 0 aliphatic rings. The van der Waals surface area contributed by atoms with Crippen molar-refractivity contribution in [2.24, 2.45) is 0 Å². The molecule has 0 atom stereocenters. The molecule has 0 fully saturated rings. The van der Waals surface area contributed by atoms with Gasteiger partial charge >= 0.3 is 0 Å². The molecule has 136 valence electrons. The number of unbranched alkanes of at least 4 members (excludes halogenated alkanes) is 5. The molecule has 0 bridgehead atoms. The summed E-state index contributed by atoms with van der Waals surface area (Å²) >= 11 is 3.46. The lowest BCUT2D eigenvalue weighted by molar-refractivity contribution is 0.277. The van der Waals surface area contributed by atoms with Gasteiger partial charge in [-0.05, 0) is 55.1 Å². The Kier molecular flexibility index (Phi) is 9.54. The van der Waals surface area contributed by atoms with Gasteiger partial charge in [0.25, 0.3) is 0 Å². The van der Waals surface area contributed by atoms with Crippen molar-refractivity contribution < 1.29 is 4.43 Å². The van der Waals surface area contributed by atoms with E-state index in [2.05, 4.69) is 86.2 Å². The van der Waals surface area contributed by atoms with Crippen molar-refractivity contribution in [3.8, 4) is 0 Å². The average Bonchev–Trinajstić information content (AvgIpc) is 2.49. The summed E-state index contributed by atoms with van der Waals surface area (Å²) in [6.45, 7) is 12.5. The van der Waals surface area contributed by atoms with E-state index in [0.29, 0.717) is 5.04 Å². The van der Waals surface area contributed by atoms with E-state index in [4.69, 9.17) is 4.43 Å². The lowest BCUT2D eigenvalue weighted by atomic mass is 10.1. The van der Waals surface area contributed by atoms with Crippen molar-refractivity contribution in [1.29, 1.82) is 0 Å². The molecule has 0 N–H and O–H groups in total. The average molecular weight is 411 g/mol. The summed E-state index contributed by atoms with van der Waals surface area (Å²) in [4.78, 5) is 0. The second kappa shape index (κ2) is 10.6. The van der Waals surface area contributed by atoms with E-state index in [-0.39, 0.29) is 0 Å². The molecular formula is C21H35BrOSi. The zero-order chi connectivity index (χ0) is 18.1.